The van der Waals surface area contributed by atoms with Crippen LogP contribution in [-0.2, 0) is 17.6 Å². The number of aliphatic hydroxyl groups is 1. The third-order valence-electron chi connectivity index (χ3n) is 3.88. The lowest BCUT2D eigenvalue weighted by molar-refractivity contribution is -0.122. The van der Waals surface area contributed by atoms with Gasteiger partial charge in [-0.05, 0) is 24.1 Å². The monoisotopic (exact) mass is 352 g/mol. The van der Waals surface area contributed by atoms with E-state index in [9.17, 15) is 9.90 Å². The summed E-state index contributed by atoms with van der Waals surface area (Å²) in [5.74, 6) is 0.708. The molecule has 134 valence electrons. The molecular weight excluding hydrogens is 332 g/mol. The van der Waals surface area contributed by atoms with Gasteiger partial charge in [0.05, 0.1) is 12.6 Å². The zero-order chi connectivity index (χ0) is 18.2. The largest absolute Gasteiger partial charge is 0.394 e. The predicted octanol–water partition coefficient (Wildman–Crippen LogP) is 1.78. The van der Waals surface area contributed by atoms with Crippen LogP contribution < -0.4 is 5.32 Å². The summed E-state index contributed by atoms with van der Waals surface area (Å²) < 4.78 is 5.19. The second kappa shape index (κ2) is 8.87. The van der Waals surface area contributed by atoms with Gasteiger partial charge in [-0.3, -0.25) is 9.78 Å². The molecule has 1 atom stereocenters. The van der Waals surface area contributed by atoms with Gasteiger partial charge in [0.1, 0.15) is 0 Å². The van der Waals surface area contributed by atoms with Gasteiger partial charge in [-0.15, -0.1) is 0 Å². The van der Waals surface area contributed by atoms with E-state index in [0.29, 0.717) is 24.6 Å². The van der Waals surface area contributed by atoms with Gasteiger partial charge in [0.15, 0.2) is 0 Å². The van der Waals surface area contributed by atoms with Crippen molar-refractivity contribution in [3.8, 4) is 11.4 Å². The average Bonchev–Trinajstić information content (AvgIpc) is 3.16. The summed E-state index contributed by atoms with van der Waals surface area (Å²) in [4.78, 5) is 20.4. The standard InChI is InChI=1S/C19H20N4O3/c24-13-16(12-14-4-2-1-3-5-14)21-17(25)6-7-18-22-19(23-26-18)15-8-10-20-11-9-15/h1-5,8-11,16,24H,6-7,12-13H2,(H,21,25). The Hall–Kier alpha value is -3.06. The SMILES string of the molecule is O=C(CCc1nc(-c2ccncc2)no1)NC(CO)Cc1ccccc1. The molecule has 26 heavy (non-hydrogen) atoms. The topological polar surface area (TPSA) is 101 Å². The van der Waals surface area contributed by atoms with Crippen molar-refractivity contribution >= 4 is 5.91 Å². The van der Waals surface area contributed by atoms with Crippen LogP contribution in [0.2, 0.25) is 0 Å². The van der Waals surface area contributed by atoms with E-state index in [1.807, 2.05) is 30.3 Å². The average molecular weight is 352 g/mol. The Morgan fingerprint density at radius 3 is 2.65 bits per heavy atom. The maximum Gasteiger partial charge on any atom is 0.227 e. The Kier molecular flexibility index (Phi) is 6.05. The molecule has 0 spiro atoms. The number of rotatable bonds is 8. The minimum atomic E-state index is -0.319. The lowest BCUT2D eigenvalue weighted by Gasteiger charge is -2.16. The van der Waals surface area contributed by atoms with E-state index in [4.69, 9.17) is 4.52 Å². The summed E-state index contributed by atoms with van der Waals surface area (Å²) in [7, 11) is 0. The van der Waals surface area contributed by atoms with Crippen LogP contribution in [0.5, 0.6) is 0 Å². The number of carbonyl (C=O) groups excluding carboxylic acids is 1. The molecule has 1 aromatic carbocycles. The highest BCUT2D eigenvalue weighted by Crippen LogP contribution is 2.14. The molecule has 0 saturated carbocycles. The van der Waals surface area contributed by atoms with Gasteiger partial charge < -0.3 is 14.9 Å². The maximum atomic E-state index is 12.1. The van der Waals surface area contributed by atoms with Crippen LogP contribution in [-0.4, -0.2) is 38.8 Å². The molecule has 7 heteroatoms. The fourth-order valence-electron chi connectivity index (χ4n) is 2.55. The van der Waals surface area contributed by atoms with Gasteiger partial charge in [0.25, 0.3) is 0 Å². The van der Waals surface area contributed by atoms with E-state index < -0.39 is 0 Å². The molecule has 2 heterocycles. The predicted molar refractivity (Wildman–Crippen MR) is 95.0 cm³/mol. The molecule has 0 fully saturated rings. The Morgan fingerprint density at radius 2 is 1.92 bits per heavy atom. The van der Waals surface area contributed by atoms with Crippen molar-refractivity contribution in [1.82, 2.24) is 20.4 Å². The van der Waals surface area contributed by atoms with Gasteiger partial charge in [0.2, 0.25) is 17.6 Å². The van der Waals surface area contributed by atoms with Gasteiger partial charge in [-0.2, -0.15) is 4.98 Å². The van der Waals surface area contributed by atoms with E-state index in [-0.39, 0.29) is 25.0 Å². The number of pyridine rings is 1. The minimum Gasteiger partial charge on any atom is -0.394 e. The summed E-state index contributed by atoms with van der Waals surface area (Å²) in [6, 6.07) is 13.0. The summed E-state index contributed by atoms with van der Waals surface area (Å²) in [5.41, 5.74) is 1.87. The number of aromatic nitrogens is 3. The number of benzene rings is 1. The van der Waals surface area contributed by atoms with Crippen molar-refractivity contribution < 1.29 is 14.4 Å². The van der Waals surface area contributed by atoms with Crippen molar-refractivity contribution in [3.05, 3.63) is 66.3 Å². The zero-order valence-corrected chi connectivity index (χ0v) is 14.2. The number of hydrogen-bond donors (Lipinski definition) is 2. The van der Waals surface area contributed by atoms with Crippen LogP contribution in [0, 0.1) is 0 Å². The molecule has 0 aliphatic rings. The second-order valence-electron chi connectivity index (χ2n) is 5.88. The highest BCUT2D eigenvalue weighted by atomic mass is 16.5. The maximum absolute atomic E-state index is 12.1. The lowest BCUT2D eigenvalue weighted by atomic mass is 10.1. The lowest BCUT2D eigenvalue weighted by Crippen LogP contribution is -2.39. The molecule has 2 aromatic heterocycles. The fraction of sp³-hybridized carbons (Fsp3) is 0.263. The number of amides is 1. The first-order chi connectivity index (χ1) is 12.7. The van der Waals surface area contributed by atoms with E-state index in [1.54, 1.807) is 24.5 Å². The first-order valence-electron chi connectivity index (χ1n) is 8.41. The summed E-state index contributed by atoms with van der Waals surface area (Å²) in [6.45, 7) is -0.118. The fourth-order valence-corrected chi connectivity index (χ4v) is 2.55. The Morgan fingerprint density at radius 1 is 1.15 bits per heavy atom. The molecule has 0 bridgehead atoms. The van der Waals surface area contributed by atoms with Crippen molar-refractivity contribution in [3.63, 3.8) is 0 Å². The van der Waals surface area contributed by atoms with Gasteiger partial charge in [-0.25, -0.2) is 0 Å². The van der Waals surface area contributed by atoms with Crippen molar-refractivity contribution in [1.29, 1.82) is 0 Å². The number of hydrogen-bond acceptors (Lipinski definition) is 6. The molecule has 0 aliphatic carbocycles. The number of nitrogens with one attached hydrogen (secondary N) is 1. The van der Waals surface area contributed by atoms with E-state index >= 15 is 0 Å². The summed E-state index contributed by atoms with van der Waals surface area (Å²) in [5, 5.41) is 16.2. The number of aliphatic hydroxyl groups excluding tert-OH is 1. The number of nitrogens with zero attached hydrogens (tertiary/aromatic N) is 3. The highest BCUT2D eigenvalue weighted by molar-refractivity contribution is 5.76. The van der Waals surface area contributed by atoms with Crippen molar-refractivity contribution in [2.24, 2.45) is 0 Å². The van der Waals surface area contributed by atoms with Crippen LogP contribution in [0.25, 0.3) is 11.4 Å². The normalized spacial score (nSPS) is 11.9. The zero-order valence-electron chi connectivity index (χ0n) is 14.2. The summed E-state index contributed by atoms with van der Waals surface area (Å²) in [6.07, 6.45) is 4.44. The number of aryl methyl sites for hydroxylation is 1. The molecular formula is C19H20N4O3. The van der Waals surface area contributed by atoms with Crippen molar-refractivity contribution in [2.45, 2.75) is 25.3 Å². The molecule has 1 amide bonds. The van der Waals surface area contributed by atoms with Crippen LogP contribution in [0.1, 0.15) is 17.9 Å². The van der Waals surface area contributed by atoms with E-state index in [1.165, 1.54) is 0 Å². The third-order valence-corrected chi connectivity index (χ3v) is 3.88. The van der Waals surface area contributed by atoms with Gasteiger partial charge in [0, 0.05) is 30.8 Å². The highest BCUT2D eigenvalue weighted by Gasteiger charge is 2.14. The van der Waals surface area contributed by atoms with Crippen LogP contribution >= 0.6 is 0 Å². The Labute approximate surface area is 151 Å². The molecule has 0 radical (unpaired) electrons. The number of carbonyl (C=O) groups is 1. The molecule has 0 saturated heterocycles. The molecule has 7 nitrogen and oxygen atoms in total. The molecule has 1 unspecified atom stereocenters. The van der Waals surface area contributed by atoms with Crippen molar-refractivity contribution in [2.75, 3.05) is 6.61 Å². The first-order valence-corrected chi connectivity index (χ1v) is 8.41. The molecule has 2 N–H and O–H groups in total. The minimum absolute atomic E-state index is 0.118. The van der Waals surface area contributed by atoms with E-state index in [2.05, 4.69) is 20.4 Å². The smallest absolute Gasteiger partial charge is 0.227 e. The van der Waals surface area contributed by atoms with Gasteiger partial charge in [-0.1, -0.05) is 35.5 Å². The Bertz CT molecular complexity index is 821. The van der Waals surface area contributed by atoms with Gasteiger partial charge >= 0.3 is 0 Å². The van der Waals surface area contributed by atoms with Crippen LogP contribution in [0.15, 0.2) is 59.4 Å². The third kappa shape index (κ3) is 4.97. The quantitative estimate of drug-likeness (QED) is 0.641. The Balaban J connectivity index is 1.50. The molecule has 0 aliphatic heterocycles. The van der Waals surface area contributed by atoms with E-state index in [0.717, 1.165) is 11.1 Å². The van der Waals surface area contributed by atoms with Crippen LogP contribution in [0.4, 0.5) is 0 Å². The molecule has 3 rings (SSSR count). The second-order valence-corrected chi connectivity index (χ2v) is 5.88. The molecule has 3 aromatic rings. The summed E-state index contributed by atoms with van der Waals surface area (Å²) >= 11 is 0. The first kappa shape index (κ1) is 17.8. The van der Waals surface area contributed by atoms with Crippen LogP contribution in [0.3, 0.4) is 0 Å².